The Morgan fingerprint density at radius 3 is 2.88 bits per heavy atom. The predicted octanol–water partition coefficient (Wildman–Crippen LogP) is 1.01. The molecule has 3 N–H and O–H groups in total. The van der Waals surface area contributed by atoms with Gasteiger partial charge < -0.3 is 10.8 Å². The molecule has 0 spiro atoms. The van der Waals surface area contributed by atoms with Gasteiger partial charge in [0, 0.05) is 5.39 Å². The van der Waals surface area contributed by atoms with Gasteiger partial charge in [0.2, 0.25) is 0 Å². The Bertz CT molecular complexity index is 521. The maximum Gasteiger partial charge on any atom is 0.322 e. The van der Waals surface area contributed by atoms with Crippen molar-refractivity contribution in [3.05, 3.63) is 30.5 Å². The fourth-order valence-electron chi connectivity index (χ4n) is 1.67. The standard InChI is InChI=1S/C11H13N3O2/c1-7(10(12)11(15)16)14-9-5-3-2-4-8(9)6-13-14/h2-7,10H,12H2,1H3,(H,15,16). The first-order valence-corrected chi connectivity index (χ1v) is 5.02. The fourth-order valence-corrected chi connectivity index (χ4v) is 1.67. The van der Waals surface area contributed by atoms with E-state index in [0.717, 1.165) is 10.9 Å². The van der Waals surface area contributed by atoms with Crippen LogP contribution >= 0.6 is 0 Å². The Kier molecular flexibility index (Phi) is 2.62. The van der Waals surface area contributed by atoms with Gasteiger partial charge in [-0.15, -0.1) is 0 Å². The van der Waals surface area contributed by atoms with Gasteiger partial charge in [-0.25, -0.2) is 0 Å². The second-order valence-corrected chi connectivity index (χ2v) is 3.75. The highest BCUT2D eigenvalue weighted by molar-refractivity contribution is 5.79. The number of fused-ring (bicyclic) bond motifs is 1. The van der Waals surface area contributed by atoms with E-state index in [1.54, 1.807) is 17.8 Å². The van der Waals surface area contributed by atoms with Crippen molar-refractivity contribution in [1.29, 1.82) is 0 Å². The van der Waals surface area contributed by atoms with Crippen molar-refractivity contribution in [1.82, 2.24) is 9.78 Å². The predicted molar refractivity (Wildman–Crippen MR) is 60.1 cm³/mol. The summed E-state index contributed by atoms with van der Waals surface area (Å²) in [6, 6.07) is 6.29. The van der Waals surface area contributed by atoms with Crippen molar-refractivity contribution in [2.24, 2.45) is 5.73 Å². The third-order valence-corrected chi connectivity index (χ3v) is 2.70. The van der Waals surface area contributed by atoms with Crippen LogP contribution in [0.25, 0.3) is 10.9 Å². The fraction of sp³-hybridized carbons (Fsp3) is 0.273. The lowest BCUT2D eigenvalue weighted by molar-refractivity contribution is -0.139. The summed E-state index contributed by atoms with van der Waals surface area (Å²) in [6.45, 7) is 1.75. The summed E-state index contributed by atoms with van der Waals surface area (Å²) >= 11 is 0. The Labute approximate surface area is 92.5 Å². The van der Waals surface area contributed by atoms with Gasteiger partial charge >= 0.3 is 5.97 Å². The number of aliphatic carboxylic acids is 1. The minimum atomic E-state index is -1.02. The smallest absolute Gasteiger partial charge is 0.322 e. The number of para-hydroxylation sites is 1. The molecule has 2 atom stereocenters. The quantitative estimate of drug-likeness (QED) is 0.807. The molecule has 2 rings (SSSR count). The number of hydrogen-bond acceptors (Lipinski definition) is 3. The molecule has 1 aromatic carbocycles. The van der Waals surface area contributed by atoms with Crippen LogP contribution in [0.1, 0.15) is 13.0 Å². The van der Waals surface area contributed by atoms with Gasteiger partial charge in [-0.05, 0) is 13.0 Å². The molecular formula is C11H13N3O2. The van der Waals surface area contributed by atoms with Crippen LogP contribution in [0.5, 0.6) is 0 Å². The van der Waals surface area contributed by atoms with Gasteiger partial charge in [0.25, 0.3) is 0 Å². The summed E-state index contributed by atoms with van der Waals surface area (Å²) in [6.07, 6.45) is 1.71. The second-order valence-electron chi connectivity index (χ2n) is 3.75. The Morgan fingerprint density at radius 1 is 1.50 bits per heavy atom. The molecule has 0 saturated carbocycles. The molecule has 0 amide bonds. The number of carboxylic acids is 1. The van der Waals surface area contributed by atoms with E-state index in [2.05, 4.69) is 5.10 Å². The molecule has 0 saturated heterocycles. The number of hydrogen-bond donors (Lipinski definition) is 2. The molecule has 0 fully saturated rings. The number of rotatable bonds is 3. The zero-order chi connectivity index (χ0) is 11.7. The highest BCUT2D eigenvalue weighted by atomic mass is 16.4. The molecule has 1 heterocycles. The third kappa shape index (κ3) is 1.65. The maximum absolute atomic E-state index is 10.8. The van der Waals surface area contributed by atoms with E-state index in [0.29, 0.717) is 0 Å². The van der Waals surface area contributed by atoms with Crippen LogP contribution in [-0.4, -0.2) is 26.9 Å². The van der Waals surface area contributed by atoms with E-state index in [-0.39, 0.29) is 6.04 Å². The molecule has 0 aliphatic heterocycles. The van der Waals surface area contributed by atoms with Crippen molar-refractivity contribution in [2.45, 2.75) is 19.0 Å². The molecule has 0 radical (unpaired) electrons. The summed E-state index contributed by atoms with van der Waals surface area (Å²) in [5, 5.41) is 14.0. The molecule has 0 aliphatic rings. The molecule has 5 nitrogen and oxygen atoms in total. The van der Waals surface area contributed by atoms with Crippen molar-refractivity contribution >= 4 is 16.9 Å². The minimum Gasteiger partial charge on any atom is -0.480 e. The molecule has 0 aliphatic carbocycles. The van der Waals surface area contributed by atoms with Crippen LogP contribution in [0.2, 0.25) is 0 Å². The van der Waals surface area contributed by atoms with Gasteiger partial charge in [-0.1, -0.05) is 18.2 Å². The molecule has 0 bridgehead atoms. The van der Waals surface area contributed by atoms with Gasteiger partial charge in [0.05, 0.1) is 17.8 Å². The lowest BCUT2D eigenvalue weighted by atomic mass is 10.1. The lowest BCUT2D eigenvalue weighted by Gasteiger charge is -2.17. The number of carbonyl (C=O) groups is 1. The van der Waals surface area contributed by atoms with Crippen LogP contribution in [0.4, 0.5) is 0 Å². The maximum atomic E-state index is 10.8. The molecule has 2 unspecified atom stereocenters. The van der Waals surface area contributed by atoms with Crippen LogP contribution in [0.3, 0.4) is 0 Å². The molecule has 16 heavy (non-hydrogen) atoms. The average molecular weight is 219 g/mol. The number of nitrogens with zero attached hydrogens (tertiary/aromatic N) is 2. The summed E-state index contributed by atoms with van der Waals surface area (Å²) in [5.74, 6) is -1.02. The van der Waals surface area contributed by atoms with E-state index in [4.69, 9.17) is 10.8 Å². The summed E-state index contributed by atoms with van der Waals surface area (Å²) < 4.78 is 1.65. The van der Waals surface area contributed by atoms with Crippen molar-refractivity contribution in [3.63, 3.8) is 0 Å². The molecule has 1 aromatic heterocycles. The summed E-state index contributed by atoms with van der Waals surface area (Å²) in [4.78, 5) is 10.8. The largest absolute Gasteiger partial charge is 0.480 e. The van der Waals surface area contributed by atoms with Crippen LogP contribution < -0.4 is 5.73 Å². The minimum absolute atomic E-state index is 0.377. The monoisotopic (exact) mass is 219 g/mol. The van der Waals surface area contributed by atoms with Gasteiger partial charge in [-0.2, -0.15) is 5.10 Å². The molecule has 2 aromatic rings. The van der Waals surface area contributed by atoms with E-state index in [1.165, 1.54) is 0 Å². The van der Waals surface area contributed by atoms with E-state index in [9.17, 15) is 4.79 Å². The summed E-state index contributed by atoms with van der Waals surface area (Å²) in [7, 11) is 0. The van der Waals surface area contributed by atoms with Crippen molar-refractivity contribution < 1.29 is 9.90 Å². The first kappa shape index (κ1) is 10.6. The van der Waals surface area contributed by atoms with Crippen LogP contribution in [0, 0.1) is 0 Å². The molecule has 84 valence electrons. The van der Waals surface area contributed by atoms with Crippen LogP contribution in [0.15, 0.2) is 30.5 Å². The van der Waals surface area contributed by atoms with Crippen LogP contribution in [-0.2, 0) is 4.79 Å². The Balaban J connectivity index is 2.44. The van der Waals surface area contributed by atoms with E-state index < -0.39 is 12.0 Å². The highest BCUT2D eigenvalue weighted by Gasteiger charge is 2.23. The average Bonchev–Trinajstić information content (AvgIpc) is 2.70. The first-order valence-electron chi connectivity index (χ1n) is 5.02. The SMILES string of the molecule is CC(C(N)C(=O)O)n1ncc2ccccc21. The molecular weight excluding hydrogens is 206 g/mol. The number of benzene rings is 1. The summed E-state index contributed by atoms with van der Waals surface area (Å²) in [5.41, 5.74) is 6.48. The van der Waals surface area contributed by atoms with Gasteiger partial charge in [0.1, 0.15) is 6.04 Å². The van der Waals surface area contributed by atoms with E-state index >= 15 is 0 Å². The number of nitrogens with two attached hydrogens (primary N) is 1. The van der Waals surface area contributed by atoms with Crippen molar-refractivity contribution in [2.75, 3.05) is 0 Å². The van der Waals surface area contributed by atoms with Gasteiger partial charge in [0.15, 0.2) is 0 Å². The van der Waals surface area contributed by atoms with Crippen molar-refractivity contribution in [3.8, 4) is 0 Å². The normalized spacial score (nSPS) is 14.9. The third-order valence-electron chi connectivity index (χ3n) is 2.70. The van der Waals surface area contributed by atoms with E-state index in [1.807, 2.05) is 24.3 Å². The Hall–Kier alpha value is -1.88. The lowest BCUT2D eigenvalue weighted by Crippen LogP contribution is -2.38. The number of carboxylic acid groups (broad SMARTS) is 1. The highest BCUT2D eigenvalue weighted by Crippen LogP contribution is 2.18. The zero-order valence-electron chi connectivity index (χ0n) is 8.87. The Morgan fingerprint density at radius 2 is 2.19 bits per heavy atom. The zero-order valence-corrected chi connectivity index (χ0v) is 8.87. The van der Waals surface area contributed by atoms with Gasteiger partial charge in [-0.3, -0.25) is 9.48 Å². The first-order chi connectivity index (χ1) is 7.61. The topological polar surface area (TPSA) is 81.1 Å². The second kappa shape index (κ2) is 3.94. The molecule has 5 heteroatoms. The number of aromatic nitrogens is 2.